The minimum Gasteiger partial charge on any atom is -0.478 e. The molecule has 0 bridgehead atoms. The van der Waals surface area contributed by atoms with Crippen LogP contribution in [0.2, 0.25) is 0 Å². The normalized spacial score (nSPS) is 29.8. The molecule has 0 radical (unpaired) electrons. The predicted octanol–water partition coefficient (Wildman–Crippen LogP) is 5.02. The van der Waals surface area contributed by atoms with Gasteiger partial charge in [-0.1, -0.05) is 66.0 Å². The average Bonchev–Trinajstić information content (AvgIpc) is 2.60. The molecule has 158 valence electrons. The van der Waals surface area contributed by atoms with Crippen molar-refractivity contribution in [2.75, 3.05) is 0 Å². The topological polar surface area (TPSA) is 74.6 Å². The Labute approximate surface area is 174 Å². The molecule has 2 aliphatic carbocycles. The molecule has 2 aliphatic rings. The van der Waals surface area contributed by atoms with Crippen molar-refractivity contribution in [3.8, 4) is 0 Å². The molecule has 0 aliphatic heterocycles. The lowest BCUT2D eigenvalue weighted by Crippen LogP contribution is -2.39. The van der Waals surface area contributed by atoms with Crippen LogP contribution < -0.4 is 0 Å². The molecule has 0 amide bonds. The molecule has 0 heterocycles. The molecule has 29 heavy (non-hydrogen) atoms. The van der Waals surface area contributed by atoms with Crippen LogP contribution >= 0.6 is 0 Å². The maximum atomic E-state index is 12.8. The van der Waals surface area contributed by atoms with E-state index in [1.165, 1.54) is 16.7 Å². The highest BCUT2D eigenvalue weighted by molar-refractivity contribution is 5.85. The Morgan fingerprint density at radius 3 is 2.48 bits per heavy atom. The maximum absolute atomic E-state index is 12.8. The second-order valence-corrected chi connectivity index (χ2v) is 8.80. The van der Waals surface area contributed by atoms with Gasteiger partial charge in [-0.2, -0.15) is 0 Å². The second-order valence-electron chi connectivity index (χ2n) is 8.80. The van der Waals surface area contributed by atoms with Crippen molar-refractivity contribution >= 4 is 11.8 Å². The number of aliphatic hydroxyl groups excluding tert-OH is 1. The van der Waals surface area contributed by atoms with Gasteiger partial charge in [-0.15, -0.1) is 0 Å². The minimum atomic E-state index is -0.970. The van der Waals surface area contributed by atoms with Crippen molar-refractivity contribution in [3.63, 3.8) is 0 Å². The van der Waals surface area contributed by atoms with Gasteiger partial charge in [0.05, 0.1) is 6.10 Å². The summed E-state index contributed by atoms with van der Waals surface area (Å²) in [6.07, 6.45) is 10.0. The Hall–Kier alpha value is -2.20. The van der Waals surface area contributed by atoms with E-state index in [1.54, 1.807) is 13.0 Å². The number of hydrogen-bond acceptors (Lipinski definition) is 3. The molecule has 4 heteroatoms. The molecule has 5 unspecified atom stereocenters. The molecule has 4 nitrogen and oxygen atoms in total. The number of hydrogen-bond donors (Lipinski definition) is 2. The van der Waals surface area contributed by atoms with Crippen LogP contribution in [0.1, 0.15) is 54.4 Å². The summed E-state index contributed by atoms with van der Waals surface area (Å²) < 4.78 is 0. The number of carbonyl (C=O) groups is 2. The third-order valence-corrected chi connectivity index (χ3v) is 6.04. The first-order valence-electron chi connectivity index (χ1n) is 10.4. The Bertz CT molecular complexity index is 820. The molecule has 5 atom stereocenters. The first-order valence-corrected chi connectivity index (χ1v) is 10.4. The van der Waals surface area contributed by atoms with Gasteiger partial charge in [0.2, 0.25) is 0 Å². The van der Waals surface area contributed by atoms with Gasteiger partial charge < -0.3 is 10.2 Å². The molecule has 2 N–H and O–H groups in total. The number of rotatable bonds is 6. The van der Waals surface area contributed by atoms with Crippen LogP contribution in [0.4, 0.5) is 0 Å². The SMILES string of the molecule is CC(C=CC(=O)O)=CC(C)=CC1C(CC(C)O)=C(C)C=C2CC(C)C(=O)C(C)C21. The fourth-order valence-electron chi connectivity index (χ4n) is 4.85. The number of allylic oxidation sites excluding steroid dienone is 8. The molecular formula is C25H34O4. The smallest absolute Gasteiger partial charge is 0.328 e. The first kappa shape index (κ1) is 23.1. The summed E-state index contributed by atoms with van der Waals surface area (Å²) in [7, 11) is 0. The van der Waals surface area contributed by atoms with Crippen molar-refractivity contribution in [3.05, 3.63) is 58.2 Å². The summed E-state index contributed by atoms with van der Waals surface area (Å²) in [4.78, 5) is 23.5. The summed E-state index contributed by atoms with van der Waals surface area (Å²) in [5.41, 5.74) is 5.59. The number of carboxylic acids is 1. The van der Waals surface area contributed by atoms with Gasteiger partial charge >= 0.3 is 5.97 Å². The lowest BCUT2D eigenvalue weighted by molar-refractivity contribution is -0.131. The first-order chi connectivity index (χ1) is 13.5. The largest absolute Gasteiger partial charge is 0.478 e. The Balaban J connectivity index is 2.48. The van der Waals surface area contributed by atoms with Crippen LogP contribution in [-0.4, -0.2) is 28.1 Å². The highest BCUT2D eigenvalue weighted by Crippen LogP contribution is 2.48. The number of carboxylic acid groups (broad SMARTS) is 1. The van der Waals surface area contributed by atoms with E-state index < -0.39 is 12.1 Å². The standard InChI is InChI=1S/C25H34O4/c1-14(7-8-23(27)28)9-15(2)10-22-21(13-18(5)26)16(3)11-20-12-17(4)25(29)19(6)24(20)22/h7-11,17-19,22,24,26H,12-13H2,1-6H3,(H,27,28). The zero-order chi connectivity index (χ0) is 21.9. The van der Waals surface area contributed by atoms with Crippen LogP contribution in [-0.2, 0) is 9.59 Å². The minimum absolute atomic E-state index is 0.0487. The fraction of sp³-hybridized carbons (Fsp3) is 0.520. The second kappa shape index (κ2) is 9.53. The van der Waals surface area contributed by atoms with E-state index >= 15 is 0 Å². The molecule has 1 fully saturated rings. The lowest BCUT2D eigenvalue weighted by Gasteiger charge is -2.42. The van der Waals surface area contributed by atoms with Crippen LogP contribution in [0, 0.1) is 23.7 Å². The average molecular weight is 399 g/mol. The molecule has 0 aromatic heterocycles. The summed E-state index contributed by atoms with van der Waals surface area (Å²) in [5, 5.41) is 18.9. The summed E-state index contributed by atoms with van der Waals surface area (Å²) in [5.74, 6) is -0.489. The van der Waals surface area contributed by atoms with Gasteiger partial charge in [0.15, 0.2) is 0 Å². The van der Waals surface area contributed by atoms with Crippen LogP contribution in [0.25, 0.3) is 0 Å². The van der Waals surface area contributed by atoms with Crippen LogP contribution in [0.5, 0.6) is 0 Å². The number of aliphatic hydroxyl groups is 1. The zero-order valence-electron chi connectivity index (χ0n) is 18.4. The quantitative estimate of drug-likeness (QED) is 0.486. The van der Waals surface area contributed by atoms with Gasteiger partial charge in [0, 0.05) is 23.8 Å². The van der Waals surface area contributed by atoms with E-state index in [2.05, 4.69) is 19.1 Å². The molecular weight excluding hydrogens is 364 g/mol. The van der Waals surface area contributed by atoms with Gasteiger partial charge in [-0.25, -0.2) is 4.79 Å². The number of carbonyl (C=O) groups excluding carboxylic acids is 1. The fourth-order valence-corrected chi connectivity index (χ4v) is 4.85. The van der Waals surface area contributed by atoms with E-state index in [9.17, 15) is 14.7 Å². The third kappa shape index (κ3) is 5.66. The van der Waals surface area contributed by atoms with E-state index in [0.29, 0.717) is 12.2 Å². The molecule has 0 aromatic carbocycles. The monoisotopic (exact) mass is 398 g/mol. The predicted molar refractivity (Wildman–Crippen MR) is 116 cm³/mol. The molecule has 0 aromatic rings. The van der Waals surface area contributed by atoms with Gasteiger partial charge in [0.25, 0.3) is 0 Å². The Morgan fingerprint density at radius 2 is 1.90 bits per heavy atom. The number of fused-ring (bicyclic) bond motifs is 1. The summed E-state index contributed by atoms with van der Waals surface area (Å²) in [6, 6.07) is 0. The van der Waals surface area contributed by atoms with E-state index in [-0.39, 0.29) is 23.7 Å². The Kier molecular flexibility index (Phi) is 7.59. The van der Waals surface area contributed by atoms with Crippen molar-refractivity contribution < 1.29 is 19.8 Å². The van der Waals surface area contributed by atoms with Crippen molar-refractivity contribution in [2.45, 2.75) is 60.5 Å². The van der Waals surface area contributed by atoms with Crippen molar-refractivity contribution in [2.24, 2.45) is 23.7 Å². The zero-order valence-corrected chi connectivity index (χ0v) is 18.4. The maximum Gasteiger partial charge on any atom is 0.328 e. The molecule has 1 saturated carbocycles. The van der Waals surface area contributed by atoms with Crippen LogP contribution in [0.3, 0.4) is 0 Å². The van der Waals surface area contributed by atoms with Gasteiger partial charge in [-0.3, -0.25) is 4.79 Å². The van der Waals surface area contributed by atoms with Crippen molar-refractivity contribution in [1.82, 2.24) is 0 Å². The highest BCUT2D eigenvalue weighted by atomic mass is 16.4. The van der Waals surface area contributed by atoms with E-state index in [4.69, 9.17) is 5.11 Å². The number of aliphatic carboxylic acids is 1. The molecule has 2 rings (SSSR count). The van der Waals surface area contributed by atoms with Crippen LogP contribution in [0.15, 0.2) is 58.2 Å². The summed E-state index contributed by atoms with van der Waals surface area (Å²) in [6.45, 7) is 11.8. The third-order valence-electron chi connectivity index (χ3n) is 6.04. The van der Waals surface area contributed by atoms with E-state index in [0.717, 1.165) is 23.6 Å². The lowest BCUT2D eigenvalue weighted by atomic mass is 9.61. The van der Waals surface area contributed by atoms with E-state index in [1.807, 2.05) is 33.8 Å². The summed E-state index contributed by atoms with van der Waals surface area (Å²) >= 11 is 0. The number of Topliss-reactive ketones (excluding diaryl/α,β-unsaturated/α-hetero) is 1. The molecule has 0 saturated heterocycles. The van der Waals surface area contributed by atoms with Gasteiger partial charge in [0.1, 0.15) is 5.78 Å². The number of ketones is 1. The Morgan fingerprint density at radius 1 is 1.24 bits per heavy atom. The highest BCUT2D eigenvalue weighted by Gasteiger charge is 2.42. The van der Waals surface area contributed by atoms with Gasteiger partial charge in [-0.05, 0) is 46.5 Å². The molecule has 0 spiro atoms. The van der Waals surface area contributed by atoms with Crippen molar-refractivity contribution in [1.29, 1.82) is 0 Å².